The SMILES string of the molecule is CCCCCCCCCCCN(CCCCCCCCCCC)C(C)CCCC(=O)[O-].[K+]. The summed E-state index contributed by atoms with van der Waals surface area (Å²) in [6.45, 7) is 9.20. The van der Waals surface area contributed by atoms with Crippen molar-refractivity contribution < 1.29 is 61.3 Å². The minimum atomic E-state index is -0.906. The number of aliphatic carboxylic acids is 1. The maximum atomic E-state index is 10.7. The predicted octanol–water partition coefficient (Wildman–Crippen LogP) is 4.66. The molecule has 0 aliphatic heterocycles. The Bertz CT molecular complexity index is 356. The Balaban J connectivity index is 0. The van der Waals surface area contributed by atoms with Crippen LogP contribution in [0.4, 0.5) is 0 Å². The fourth-order valence-corrected chi connectivity index (χ4v) is 4.53. The summed E-state index contributed by atoms with van der Waals surface area (Å²) in [6, 6.07) is 0.488. The van der Waals surface area contributed by atoms with Crippen molar-refractivity contribution in [2.45, 2.75) is 162 Å². The Morgan fingerprint density at radius 2 is 0.969 bits per heavy atom. The fourth-order valence-electron chi connectivity index (χ4n) is 4.53. The van der Waals surface area contributed by atoms with E-state index in [0.717, 1.165) is 12.8 Å². The summed E-state index contributed by atoms with van der Waals surface area (Å²) in [5.41, 5.74) is 0. The number of carbonyl (C=O) groups excluding carboxylic acids is 1. The maximum Gasteiger partial charge on any atom is 1.00 e. The van der Waals surface area contributed by atoms with Gasteiger partial charge >= 0.3 is 51.4 Å². The molecule has 186 valence electrons. The molecule has 0 aromatic rings. The van der Waals surface area contributed by atoms with Gasteiger partial charge in [-0.1, -0.05) is 117 Å². The minimum Gasteiger partial charge on any atom is -0.550 e. The normalized spacial score (nSPS) is 12.1. The van der Waals surface area contributed by atoms with E-state index in [0.29, 0.717) is 6.04 Å². The molecule has 1 unspecified atom stereocenters. The average molecular weight is 478 g/mol. The van der Waals surface area contributed by atoms with Crippen LogP contribution in [0.1, 0.15) is 156 Å². The first-order chi connectivity index (χ1) is 15.1. The van der Waals surface area contributed by atoms with Crippen molar-refractivity contribution >= 4 is 5.97 Å². The first-order valence-corrected chi connectivity index (χ1v) is 14.1. The van der Waals surface area contributed by atoms with E-state index in [-0.39, 0.29) is 57.8 Å². The summed E-state index contributed by atoms with van der Waals surface area (Å²) in [6.07, 6.45) is 26.6. The smallest absolute Gasteiger partial charge is 0.550 e. The van der Waals surface area contributed by atoms with Crippen LogP contribution < -0.4 is 56.5 Å². The van der Waals surface area contributed by atoms with Gasteiger partial charge in [-0.05, 0) is 52.1 Å². The molecule has 0 aromatic carbocycles. The van der Waals surface area contributed by atoms with Crippen LogP contribution in [-0.4, -0.2) is 30.0 Å². The summed E-state index contributed by atoms with van der Waals surface area (Å²) in [4.78, 5) is 13.4. The van der Waals surface area contributed by atoms with Crippen molar-refractivity contribution in [3.8, 4) is 0 Å². The van der Waals surface area contributed by atoms with E-state index in [2.05, 4.69) is 25.7 Å². The van der Waals surface area contributed by atoms with Crippen molar-refractivity contribution in [3.63, 3.8) is 0 Å². The molecule has 32 heavy (non-hydrogen) atoms. The molecule has 0 amide bonds. The average Bonchev–Trinajstić information content (AvgIpc) is 2.75. The standard InChI is InChI=1S/C28H57NO2.K/c1-4-6-8-10-12-14-16-18-20-25-29(27(3)23-22-24-28(30)31)26-21-19-17-15-13-11-9-7-5-2;/h27H,4-26H2,1-3H3,(H,30,31);/q;+1/p-1. The summed E-state index contributed by atoms with van der Waals surface area (Å²) < 4.78 is 0. The second-order valence-electron chi connectivity index (χ2n) is 9.81. The van der Waals surface area contributed by atoms with Crippen LogP contribution in [0, 0.1) is 0 Å². The Kier molecular flexibility index (Phi) is 31.2. The summed E-state index contributed by atoms with van der Waals surface area (Å²) >= 11 is 0. The van der Waals surface area contributed by atoms with Gasteiger partial charge in [0.2, 0.25) is 0 Å². The molecule has 0 bridgehead atoms. The molecular formula is C28H56KNO2. The zero-order valence-corrected chi connectivity index (χ0v) is 25.7. The largest absolute Gasteiger partial charge is 1.00 e. The molecule has 0 rings (SSSR count). The van der Waals surface area contributed by atoms with Gasteiger partial charge in [0, 0.05) is 12.0 Å². The molecule has 0 aromatic heterocycles. The third-order valence-corrected chi connectivity index (χ3v) is 6.72. The van der Waals surface area contributed by atoms with E-state index in [1.54, 1.807) is 0 Å². The molecule has 0 spiro atoms. The number of hydrogen-bond donors (Lipinski definition) is 0. The van der Waals surface area contributed by atoms with Gasteiger partial charge in [-0.25, -0.2) is 0 Å². The Labute approximate surface area is 244 Å². The van der Waals surface area contributed by atoms with E-state index in [1.807, 2.05) is 0 Å². The van der Waals surface area contributed by atoms with Gasteiger partial charge in [0.15, 0.2) is 0 Å². The number of hydrogen-bond acceptors (Lipinski definition) is 3. The molecular weight excluding hydrogens is 421 g/mol. The number of unbranched alkanes of at least 4 members (excludes halogenated alkanes) is 16. The number of carboxylic acid groups (broad SMARTS) is 1. The fraction of sp³-hybridized carbons (Fsp3) is 0.964. The van der Waals surface area contributed by atoms with Crippen molar-refractivity contribution in [2.24, 2.45) is 0 Å². The van der Waals surface area contributed by atoms with Gasteiger partial charge in [-0.3, -0.25) is 0 Å². The van der Waals surface area contributed by atoms with Gasteiger partial charge < -0.3 is 14.8 Å². The summed E-state index contributed by atoms with van der Waals surface area (Å²) in [7, 11) is 0. The van der Waals surface area contributed by atoms with Crippen molar-refractivity contribution in [1.29, 1.82) is 0 Å². The number of carbonyl (C=O) groups is 1. The molecule has 3 nitrogen and oxygen atoms in total. The Hall–Kier alpha value is 1.07. The van der Waals surface area contributed by atoms with Crippen LogP contribution in [0.2, 0.25) is 0 Å². The predicted molar refractivity (Wildman–Crippen MR) is 134 cm³/mol. The molecule has 4 heteroatoms. The van der Waals surface area contributed by atoms with E-state index in [9.17, 15) is 9.90 Å². The number of rotatable bonds is 25. The maximum absolute atomic E-state index is 10.7. The molecule has 0 saturated carbocycles. The summed E-state index contributed by atoms with van der Waals surface area (Å²) in [5, 5.41) is 10.7. The van der Waals surface area contributed by atoms with Crippen LogP contribution in [0.15, 0.2) is 0 Å². The topological polar surface area (TPSA) is 43.4 Å². The van der Waals surface area contributed by atoms with Gasteiger partial charge in [-0.2, -0.15) is 0 Å². The second kappa shape index (κ2) is 28.3. The molecule has 0 radical (unpaired) electrons. The first-order valence-electron chi connectivity index (χ1n) is 14.1. The first kappa shape index (κ1) is 35.2. The summed E-state index contributed by atoms with van der Waals surface area (Å²) in [5.74, 6) is -0.906. The van der Waals surface area contributed by atoms with Gasteiger partial charge in [0.05, 0.1) is 0 Å². The molecule has 1 atom stereocenters. The number of carboxylic acids is 1. The van der Waals surface area contributed by atoms with Crippen LogP contribution >= 0.6 is 0 Å². The van der Waals surface area contributed by atoms with E-state index >= 15 is 0 Å². The van der Waals surface area contributed by atoms with Gasteiger partial charge in [0.25, 0.3) is 0 Å². The molecule has 0 fully saturated rings. The zero-order chi connectivity index (χ0) is 23.0. The molecule has 0 aliphatic carbocycles. The van der Waals surface area contributed by atoms with Crippen molar-refractivity contribution in [1.82, 2.24) is 4.90 Å². The minimum absolute atomic E-state index is 0. The van der Waals surface area contributed by atoms with E-state index in [1.165, 1.54) is 129 Å². The van der Waals surface area contributed by atoms with Gasteiger partial charge in [-0.15, -0.1) is 0 Å². The third-order valence-electron chi connectivity index (χ3n) is 6.72. The molecule has 0 N–H and O–H groups in total. The van der Waals surface area contributed by atoms with Crippen LogP contribution in [0.3, 0.4) is 0 Å². The molecule has 0 aliphatic rings. The zero-order valence-electron chi connectivity index (χ0n) is 22.6. The van der Waals surface area contributed by atoms with Crippen molar-refractivity contribution in [2.75, 3.05) is 13.1 Å². The Morgan fingerprint density at radius 1 is 0.625 bits per heavy atom. The molecule has 0 saturated heterocycles. The van der Waals surface area contributed by atoms with Crippen LogP contribution in [-0.2, 0) is 4.79 Å². The number of nitrogens with zero attached hydrogens (tertiary/aromatic N) is 1. The van der Waals surface area contributed by atoms with Crippen LogP contribution in [0.5, 0.6) is 0 Å². The second-order valence-corrected chi connectivity index (χ2v) is 9.81. The van der Waals surface area contributed by atoms with E-state index < -0.39 is 5.97 Å². The van der Waals surface area contributed by atoms with Gasteiger partial charge in [0.1, 0.15) is 0 Å². The Morgan fingerprint density at radius 3 is 1.31 bits per heavy atom. The van der Waals surface area contributed by atoms with Crippen molar-refractivity contribution in [3.05, 3.63) is 0 Å². The monoisotopic (exact) mass is 477 g/mol. The van der Waals surface area contributed by atoms with E-state index in [4.69, 9.17) is 0 Å². The van der Waals surface area contributed by atoms with Crippen LogP contribution in [0.25, 0.3) is 0 Å². The quantitative estimate of drug-likeness (QED) is 0.142. The third kappa shape index (κ3) is 25.7. The molecule has 0 heterocycles.